The van der Waals surface area contributed by atoms with Crippen LogP contribution < -0.4 is 28.9 Å². The van der Waals surface area contributed by atoms with E-state index in [1.54, 1.807) is 6.07 Å². The zero-order chi connectivity index (χ0) is 23.4. The smallest absolute Gasteiger partial charge is 1.00 e. The molecule has 4 aromatic carbocycles. The number of carboxylic acids is 1. The number of ether oxygens (including phenoxy) is 1. The zero-order valence-electron chi connectivity index (χ0n) is 19.3. The van der Waals surface area contributed by atoms with Gasteiger partial charge in [-0.05, 0) is 52.7 Å². The molecule has 8 heteroatoms. The summed E-state index contributed by atoms with van der Waals surface area (Å²) < 4.78 is 5.81. The first-order chi connectivity index (χ1) is 15.9. The Hall–Kier alpha value is -2.94. The van der Waals surface area contributed by atoms with Crippen molar-refractivity contribution in [3.8, 4) is 5.75 Å². The van der Waals surface area contributed by atoms with Crippen LogP contribution in [0.3, 0.4) is 0 Å². The summed E-state index contributed by atoms with van der Waals surface area (Å²) in [7, 11) is 0. The Morgan fingerprint density at radius 1 is 0.912 bits per heavy atom. The van der Waals surface area contributed by atoms with Gasteiger partial charge in [0.1, 0.15) is 5.75 Å². The Morgan fingerprint density at radius 3 is 2.44 bits per heavy atom. The van der Waals surface area contributed by atoms with E-state index in [1.165, 1.54) is 30.3 Å². The molecule has 4 rings (SSSR count). The molecule has 0 aromatic heterocycles. The molecule has 0 spiro atoms. The monoisotopic (exact) mass is 487 g/mol. The van der Waals surface area contributed by atoms with E-state index in [2.05, 4.69) is 29.6 Å². The molecule has 0 atom stereocenters. The van der Waals surface area contributed by atoms with Crippen LogP contribution in [0.5, 0.6) is 5.75 Å². The number of hydrogen-bond donors (Lipinski definition) is 2. The number of rotatable bonds is 7. The van der Waals surface area contributed by atoms with Crippen LogP contribution in [0, 0.1) is 0 Å². The van der Waals surface area contributed by atoms with Gasteiger partial charge in [-0.1, -0.05) is 65.7 Å². The van der Waals surface area contributed by atoms with Crippen molar-refractivity contribution in [3.05, 3.63) is 106 Å². The summed E-state index contributed by atoms with van der Waals surface area (Å²) in [4.78, 5) is 24.4. The Balaban J connectivity index is 0.00000216. The summed E-state index contributed by atoms with van der Waals surface area (Å²) in [6.07, 6.45) is 0.664. The standard InChI is InChI=1S/C26H19Cl2NO4.Li.H/c27-18-8-10-21(23(28)14-18)25(30)29-24-11-9-19(15-22(24)26(31)32)33-13-12-17-6-3-5-16-4-1-2-7-20(16)17;;/h1-11,14-15H,12-13H2,(H,29,30)(H,31,32);;/q;+1;-1. The molecule has 1 amide bonds. The largest absolute Gasteiger partial charge is 1.00 e. The van der Waals surface area contributed by atoms with E-state index in [4.69, 9.17) is 27.9 Å². The number of fused-ring (bicyclic) bond motifs is 1. The van der Waals surface area contributed by atoms with Crippen molar-refractivity contribution >= 4 is 51.5 Å². The van der Waals surface area contributed by atoms with Crippen LogP contribution in [-0.2, 0) is 6.42 Å². The molecule has 0 heterocycles. The van der Waals surface area contributed by atoms with Gasteiger partial charge in [0.15, 0.2) is 0 Å². The van der Waals surface area contributed by atoms with Crippen molar-refractivity contribution in [1.82, 2.24) is 0 Å². The molecule has 4 aromatic rings. The Labute approximate surface area is 220 Å². The van der Waals surface area contributed by atoms with Gasteiger partial charge in [0.05, 0.1) is 28.4 Å². The Bertz CT molecular complexity index is 1360. The number of carbonyl (C=O) groups excluding carboxylic acids is 1. The first kappa shape index (κ1) is 25.7. The third-order valence-electron chi connectivity index (χ3n) is 5.17. The van der Waals surface area contributed by atoms with Gasteiger partial charge in [0.2, 0.25) is 0 Å². The van der Waals surface area contributed by atoms with Crippen molar-refractivity contribution in [1.29, 1.82) is 0 Å². The first-order valence-corrected chi connectivity index (χ1v) is 10.9. The first-order valence-electron chi connectivity index (χ1n) is 10.2. The number of carbonyl (C=O) groups is 2. The number of carboxylic acid groups (broad SMARTS) is 1. The maximum Gasteiger partial charge on any atom is 1.00 e. The second-order valence-electron chi connectivity index (χ2n) is 7.33. The van der Waals surface area contributed by atoms with Crippen LogP contribution in [0.15, 0.2) is 78.9 Å². The quantitative estimate of drug-likeness (QED) is 0.388. The molecule has 168 valence electrons. The Kier molecular flexibility index (Phi) is 8.65. The molecule has 0 bridgehead atoms. The minimum Gasteiger partial charge on any atom is -1.00 e. The van der Waals surface area contributed by atoms with Gasteiger partial charge in [0, 0.05) is 11.4 Å². The van der Waals surface area contributed by atoms with Crippen molar-refractivity contribution in [2.45, 2.75) is 6.42 Å². The molecule has 0 fully saturated rings. The van der Waals surface area contributed by atoms with Gasteiger partial charge in [-0.15, -0.1) is 0 Å². The number of amides is 1. The maximum absolute atomic E-state index is 12.6. The molecule has 0 aliphatic carbocycles. The number of benzene rings is 4. The molecule has 0 saturated carbocycles. The van der Waals surface area contributed by atoms with Crippen LogP contribution in [0.4, 0.5) is 5.69 Å². The number of halogens is 2. The van der Waals surface area contributed by atoms with Gasteiger partial charge < -0.3 is 16.6 Å². The van der Waals surface area contributed by atoms with E-state index in [0.717, 1.165) is 16.3 Å². The van der Waals surface area contributed by atoms with Crippen molar-refractivity contribution in [2.75, 3.05) is 11.9 Å². The van der Waals surface area contributed by atoms with Crippen LogP contribution in [-0.4, -0.2) is 23.6 Å². The molecule has 0 aliphatic rings. The summed E-state index contributed by atoms with van der Waals surface area (Å²) in [6.45, 7) is 0.374. The van der Waals surface area contributed by atoms with E-state index >= 15 is 0 Å². The number of hydrogen-bond acceptors (Lipinski definition) is 3. The molecule has 2 N–H and O–H groups in total. The normalized spacial score (nSPS) is 10.4. The fourth-order valence-electron chi connectivity index (χ4n) is 3.55. The number of nitrogens with one attached hydrogen (secondary N) is 1. The molecular formula is C26H20Cl2LiNO4. The van der Waals surface area contributed by atoms with E-state index in [1.807, 2.05) is 18.2 Å². The summed E-state index contributed by atoms with van der Waals surface area (Å²) >= 11 is 11.9. The Morgan fingerprint density at radius 2 is 1.68 bits per heavy atom. The fourth-order valence-corrected chi connectivity index (χ4v) is 4.05. The summed E-state index contributed by atoms with van der Waals surface area (Å²) in [5.41, 5.74) is 1.39. The second-order valence-corrected chi connectivity index (χ2v) is 8.17. The van der Waals surface area contributed by atoms with Gasteiger partial charge in [-0.3, -0.25) is 4.79 Å². The third kappa shape index (κ3) is 5.94. The van der Waals surface area contributed by atoms with Gasteiger partial charge in [-0.2, -0.15) is 0 Å². The molecule has 0 saturated heterocycles. The summed E-state index contributed by atoms with van der Waals surface area (Å²) in [5, 5.41) is 15.1. The van der Waals surface area contributed by atoms with Crippen LogP contribution in [0.1, 0.15) is 27.7 Å². The minimum atomic E-state index is -1.19. The molecule has 5 nitrogen and oxygen atoms in total. The second kappa shape index (κ2) is 11.5. The van der Waals surface area contributed by atoms with Gasteiger partial charge in [0.25, 0.3) is 5.91 Å². The summed E-state index contributed by atoms with van der Waals surface area (Å²) in [5.74, 6) is -1.33. The van der Waals surface area contributed by atoms with Crippen LogP contribution in [0.2, 0.25) is 10.0 Å². The zero-order valence-corrected chi connectivity index (χ0v) is 19.9. The number of anilines is 1. The van der Waals surface area contributed by atoms with E-state index in [-0.39, 0.29) is 42.1 Å². The fraction of sp³-hybridized carbons (Fsp3) is 0.0769. The molecule has 0 unspecified atom stereocenters. The van der Waals surface area contributed by atoms with Crippen molar-refractivity contribution < 1.29 is 39.7 Å². The molecule has 0 radical (unpaired) electrons. The van der Waals surface area contributed by atoms with Gasteiger partial charge >= 0.3 is 24.8 Å². The van der Waals surface area contributed by atoms with E-state index in [0.29, 0.717) is 23.8 Å². The predicted molar refractivity (Wildman–Crippen MR) is 132 cm³/mol. The topological polar surface area (TPSA) is 75.6 Å². The average molecular weight is 488 g/mol. The van der Waals surface area contributed by atoms with Gasteiger partial charge in [-0.25, -0.2) is 4.79 Å². The number of aromatic carboxylic acids is 1. The third-order valence-corrected chi connectivity index (χ3v) is 5.71. The van der Waals surface area contributed by atoms with E-state index < -0.39 is 11.9 Å². The SMILES string of the molecule is O=C(Nc1ccc(OCCc2cccc3ccccc23)cc1C(=O)O)c1ccc(Cl)cc1Cl.[H-].[Li+]. The predicted octanol–water partition coefficient (Wildman–Crippen LogP) is 3.84. The van der Waals surface area contributed by atoms with E-state index in [9.17, 15) is 14.7 Å². The molecule has 34 heavy (non-hydrogen) atoms. The molecule has 0 aliphatic heterocycles. The van der Waals surface area contributed by atoms with Crippen molar-refractivity contribution in [3.63, 3.8) is 0 Å². The van der Waals surface area contributed by atoms with Crippen molar-refractivity contribution in [2.24, 2.45) is 0 Å². The average Bonchev–Trinajstić information content (AvgIpc) is 2.80. The minimum absolute atomic E-state index is 0. The maximum atomic E-state index is 12.6. The van der Waals surface area contributed by atoms with Crippen LogP contribution in [0.25, 0.3) is 10.8 Å². The summed E-state index contributed by atoms with van der Waals surface area (Å²) in [6, 6.07) is 23.2. The van der Waals surface area contributed by atoms with Crippen LogP contribution >= 0.6 is 23.2 Å². The molecular weight excluding hydrogens is 468 g/mol.